The Bertz CT molecular complexity index is 370. The lowest BCUT2D eigenvalue weighted by atomic mass is 9.97. The summed E-state index contributed by atoms with van der Waals surface area (Å²) < 4.78 is 11.1. The van der Waals surface area contributed by atoms with Crippen LogP contribution in [0, 0.1) is 0 Å². The standard InChI is InChI=1S/C11H14O3S/c1-3-10(11(12)13)8-4-6-9(7-5-8)15(2)14/h4-7,10H,3H2,1-2H3,(H,12,13). The number of carbonyl (C=O) groups is 1. The van der Waals surface area contributed by atoms with Crippen molar-refractivity contribution >= 4 is 16.8 Å². The van der Waals surface area contributed by atoms with Crippen LogP contribution in [0.2, 0.25) is 0 Å². The number of carboxylic acid groups (broad SMARTS) is 1. The minimum absolute atomic E-state index is 0.468. The number of rotatable bonds is 4. The molecule has 0 saturated heterocycles. The zero-order valence-electron chi connectivity index (χ0n) is 8.77. The zero-order valence-corrected chi connectivity index (χ0v) is 9.58. The van der Waals surface area contributed by atoms with E-state index in [1.54, 1.807) is 30.5 Å². The summed E-state index contributed by atoms with van der Waals surface area (Å²) in [5.41, 5.74) is 0.763. The lowest BCUT2D eigenvalue weighted by molar-refractivity contribution is -0.138. The monoisotopic (exact) mass is 226 g/mol. The van der Waals surface area contributed by atoms with E-state index < -0.39 is 22.7 Å². The third-order valence-electron chi connectivity index (χ3n) is 2.32. The maximum Gasteiger partial charge on any atom is 0.310 e. The van der Waals surface area contributed by atoms with Crippen molar-refractivity contribution < 1.29 is 14.1 Å². The van der Waals surface area contributed by atoms with Crippen LogP contribution in [0.25, 0.3) is 0 Å². The highest BCUT2D eigenvalue weighted by Crippen LogP contribution is 2.20. The molecule has 1 rings (SSSR count). The van der Waals surface area contributed by atoms with Crippen LogP contribution in [-0.2, 0) is 15.6 Å². The molecule has 4 heteroatoms. The van der Waals surface area contributed by atoms with E-state index in [9.17, 15) is 9.00 Å². The van der Waals surface area contributed by atoms with Crippen molar-refractivity contribution in [2.75, 3.05) is 6.26 Å². The van der Waals surface area contributed by atoms with Gasteiger partial charge in [-0.25, -0.2) is 0 Å². The van der Waals surface area contributed by atoms with E-state index in [-0.39, 0.29) is 0 Å². The van der Waals surface area contributed by atoms with E-state index in [0.29, 0.717) is 6.42 Å². The second-order valence-electron chi connectivity index (χ2n) is 3.32. The second-order valence-corrected chi connectivity index (χ2v) is 4.70. The molecule has 15 heavy (non-hydrogen) atoms. The predicted octanol–water partition coefficient (Wildman–Crippen LogP) is 2.00. The summed E-state index contributed by atoms with van der Waals surface area (Å²) in [6.45, 7) is 1.84. The molecular weight excluding hydrogens is 212 g/mol. The first-order valence-electron chi connectivity index (χ1n) is 4.72. The topological polar surface area (TPSA) is 54.4 Å². The van der Waals surface area contributed by atoms with Crippen molar-refractivity contribution in [2.45, 2.75) is 24.2 Å². The van der Waals surface area contributed by atoms with Gasteiger partial charge in [-0.15, -0.1) is 0 Å². The summed E-state index contributed by atoms with van der Waals surface area (Å²) in [5, 5.41) is 8.95. The molecule has 0 radical (unpaired) electrons. The van der Waals surface area contributed by atoms with Gasteiger partial charge in [0.2, 0.25) is 0 Å². The lowest BCUT2D eigenvalue weighted by Crippen LogP contribution is -2.10. The van der Waals surface area contributed by atoms with Crippen LogP contribution in [0.4, 0.5) is 0 Å². The Balaban J connectivity index is 2.97. The molecule has 3 nitrogen and oxygen atoms in total. The summed E-state index contributed by atoms with van der Waals surface area (Å²) in [6.07, 6.45) is 2.16. The Morgan fingerprint density at radius 3 is 2.27 bits per heavy atom. The van der Waals surface area contributed by atoms with Crippen molar-refractivity contribution in [1.82, 2.24) is 0 Å². The van der Waals surface area contributed by atoms with Gasteiger partial charge in [0, 0.05) is 22.0 Å². The van der Waals surface area contributed by atoms with Gasteiger partial charge in [-0.1, -0.05) is 19.1 Å². The highest BCUT2D eigenvalue weighted by Gasteiger charge is 2.17. The normalized spacial score (nSPS) is 14.5. The Hall–Kier alpha value is -1.16. The lowest BCUT2D eigenvalue weighted by Gasteiger charge is -2.10. The fourth-order valence-corrected chi connectivity index (χ4v) is 1.96. The molecular formula is C11H14O3S. The zero-order chi connectivity index (χ0) is 11.4. The molecule has 0 amide bonds. The van der Waals surface area contributed by atoms with Gasteiger partial charge in [0.15, 0.2) is 0 Å². The van der Waals surface area contributed by atoms with E-state index in [2.05, 4.69) is 0 Å². The van der Waals surface area contributed by atoms with Gasteiger partial charge >= 0.3 is 5.97 Å². The van der Waals surface area contributed by atoms with Crippen molar-refractivity contribution in [1.29, 1.82) is 0 Å². The van der Waals surface area contributed by atoms with Gasteiger partial charge in [0.25, 0.3) is 0 Å². The molecule has 0 aliphatic rings. The smallest absolute Gasteiger partial charge is 0.310 e. The first kappa shape index (κ1) is 11.9. The summed E-state index contributed by atoms with van der Waals surface area (Å²) in [5.74, 6) is -1.28. The highest BCUT2D eigenvalue weighted by molar-refractivity contribution is 7.84. The molecule has 0 bridgehead atoms. The van der Waals surface area contributed by atoms with Gasteiger partial charge in [-0.2, -0.15) is 0 Å². The molecule has 0 heterocycles. The molecule has 0 aliphatic heterocycles. The third kappa shape index (κ3) is 2.89. The van der Waals surface area contributed by atoms with Crippen LogP contribution in [-0.4, -0.2) is 21.5 Å². The molecule has 82 valence electrons. The van der Waals surface area contributed by atoms with Crippen LogP contribution < -0.4 is 0 Å². The van der Waals surface area contributed by atoms with Gasteiger partial charge in [-0.05, 0) is 24.1 Å². The highest BCUT2D eigenvalue weighted by atomic mass is 32.2. The van der Waals surface area contributed by atoms with Crippen molar-refractivity contribution in [3.63, 3.8) is 0 Å². The number of carboxylic acids is 1. The average Bonchev–Trinajstić information content (AvgIpc) is 2.19. The number of aliphatic carboxylic acids is 1. The minimum Gasteiger partial charge on any atom is -0.481 e. The van der Waals surface area contributed by atoms with E-state index in [1.807, 2.05) is 6.92 Å². The molecule has 1 N–H and O–H groups in total. The predicted molar refractivity (Wildman–Crippen MR) is 59.4 cm³/mol. The Morgan fingerprint density at radius 1 is 1.40 bits per heavy atom. The number of hydrogen-bond acceptors (Lipinski definition) is 2. The second kappa shape index (κ2) is 5.07. The van der Waals surface area contributed by atoms with E-state index in [0.717, 1.165) is 10.5 Å². The van der Waals surface area contributed by atoms with E-state index >= 15 is 0 Å². The third-order valence-corrected chi connectivity index (χ3v) is 3.26. The maximum atomic E-state index is 11.1. The Morgan fingerprint density at radius 2 is 1.93 bits per heavy atom. The van der Waals surface area contributed by atoms with Crippen LogP contribution >= 0.6 is 0 Å². The summed E-state index contributed by atoms with van der Waals surface area (Å²) in [4.78, 5) is 11.6. The first-order chi connectivity index (χ1) is 7.06. The molecule has 0 aliphatic carbocycles. The average molecular weight is 226 g/mol. The minimum atomic E-state index is -1.01. The molecule has 0 aromatic heterocycles. The van der Waals surface area contributed by atoms with Crippen LogP contribution in [0.5, 0.6) is 0 Å². The SMILES string of the molecule is CCC(C(=O)O)c1ccc(S(C)=O)cc1. The van der Waals surface area contributed by atoms with Gasteiger partial charge in [0.05, 0.1) is 5.92 Å². The molecule has 0 saturated carbocycles. The Labute approximate surface area is 91.6 Å². The molecule has 0 fully saturated rings. The molecule has 2 atom stereocenters. The largest absolute Gasteiger partial charge is 0.481 e. The fraction of sp³-hybridized carbons (Fsp3) is 0.364. The van der Waals surface area contributed by atoms with Crippen LogP contribution in [0.15, 0.2) is 29.2 Å². The molecule has 0 spiro atoms. The quantitative estimate of drug-likeness (QED) is 0.854. The van der Waals surface area contributed by atoms with Crippen molar-refractivity contribution in [3.05, 3.63) is 29.8 Å². The fourth-order valence-electron chi connectivity index (χ4n) is 1.44. The van der Waals surface area contributed by atoms with E-state index in [4.69, 9.17) is 5.11 Å². The van der Waals surface area contributed by atoms with E-state index in [1.165, 1.54) is 0 Å². The summed E-state index contributed by atoms with van der Waals surface area (Å²) in [7, 11) is -1.01. The molecule has 1 aromatic carbocycles. The van der Waals surface area contributed by atoms with Gasteiger partial charge in [0.1, 0.15) is 0 Å². The Kier molecular flexibility index (Phi) is 4.03. The maximum absolute atomic E-state index is 11.1. The summed E-state index contributed by atoms with van der Waals surface area (Å²) in [6, 6.07) is 6.91. The van der Waals surface area contributed by atoms with Crippen LogP contribution in [0.1, 0.15) is 24.8 Å². The molecule has 2 unspecified atom stereocenters. The van der Waals surface area contributed by atoms with Gasteiger partial charge in [-0.3, -0.25) is 9.00 Å². The van der Waals surface area contributed by atoms with Crippen LogP contribution in [0.3, 0.4) is 0 Å². The first-order valence-corrected chi connectivity index (χ1v) is 6.28. The summed E-state index contributed by atoms with van der Waals surface area (Å²) >= 11 is 0. The van der Waals surface area contributed by atoms with Gasteiger partial charge < -0.3 is 5.11 Å². The van der Waals surface area contributed by atoms with Crippen molar-refractivity contribution in [2.24, 2.45) is 0 Å². The van der Waals surface area contributed by atoms with Crippen molar-refractivity contribution in [3.8, 4) is 0 Å². The number of benzene rings is 1. The molecule has 1 aromatic rings. The number of hydrogen-bond donors (Lipinski definition) is 1.